The number of hydrogen-bond donors (Lipinski definition) is 3. The van der Waals surface area contributed by atoms with Gasteiger partial charge in [-0.1, -0.05) is 0 Å². The van der Waals surface area contributed by atoms with Crippen molar-refractivity contribution in [3.63, 3.8) is 0 Å². The maximum atomic E-state index is 11.6. The van der Waals surface area contributed by atoms with Crippen molar-refractivity contribution >= 4 is 5.91 Å². The molecule has 0 atom stereocenters. The molecule has 3 N–H and O–H groups in total. The molecule has 0 aromatic rings. The number of ether oxygens (including phenoxy) is 2. The standard InChI is InChI=1S/C12H21N3O4/c1-18-6-2-3-15-12(17)11(9-13)10-14-4-7-19-8-5-16/h10,14,16H,2-8H2,1H3,(H,15,17)/b11-10-. The number of carbonyl (C=O) groups excluding carboxylic acids is 1. The van der Waals surface area contributed by atoms with Crippen LogP contribution >= 0.6 is 0 Å². The summed E-state index contributed by atoms with van der Waals surface area (Å²) >= 11 is 0. The summed E-state index contributed by atoms with van der Waals surface area (Å²) in [6, 6.07) is 1.82. The van der Waals surface area contributed by atoms with Crippen LogP contribution in [0.4, 0.5) is 0 Å². The lowest BCUT2D eigenvalue weighted by atomic mass is 10.3. The lowest BCUT2D eigenvalue weighted by molar-refractivity contribution is -0.117. The molecule has 7 heteroatoms. The summed E-state index contributed by atoms with van der Waals surface area (Å²) in [6.45, 7) is 2.13. The van der Waals surface area contributed by atoms with Crippen molar-refractivity contribution in [3.8, 4) is 6.07 Å². The second-order valence-electron chi connectivity index (χ2n) is 3.56. The monoisotopic (exact) mass is 271 g/mol. The number of carbonyl (C=O) groups is 1. The van der Waals surface area contributed by atoms with Crippen LogP contribution in [0.1, 0.15) is 6.42 Å². The molecule has 0 bridgehead atoms. The molecule has 19 heavy (non-hydrogen) atoms. The van der Waals surface area contributed by atoms with Crippen LogP contribution in [0, 0.1) is 11.3 Å². The van der Waals surface area contributed by atoms with Gasteiger partial charge in [0.25, 0.3) is 5.91 Å². The molecule has 0 aliphatic heterocycles. The fraction of sp³-hybridized carbons (Fsp3) is 0.667. The van der Waals surface area contributed by atoms with Gasteiger partial charge in [0.2, 0.25) is 0 Å². The summed E-state index contributed by atoms with van der Waals surface area (Å²) in [5.41, 5.74) is 0.0135. The SMILES string of the molecule is COCCCNC(=O)/C(C#N)=C\NCCOCCO. The minimum atomic E-state index is -0.414. The van der Waals surface area contributed by atoms with E-state index in [1.807, 2.05) is 6.07 Å². The number of nitrogens with zero attached hydrogens (tertiary/aromatic N) is 1. The third-order valence-electron chi connectivity index (χ3n) is 2.05. The molecule has 0 unspecified atom stereocenters. The van der Waals surface area contributed by atoms with Crippen LogP contribution in [-0.4, -0.2) is 57.6 Å². The second-order valence-corrected chi connectivity index (χ2v) is 3.56. The average Bonchev–Trinajstić information content (AvgIpc) is 2.42. The topological polar surface area (TPSA) is 104 Å². The van der Waals surface area contributed by atoms with E-state index in [4.69, 9.17) is 19.8 Å². The molecule has 7 nitrogen and oxygen atoms in total. The molecule has 0 rings (SSSR count). The van der Waals surface area contributed by atoms with Crippen LogP contribution < -0.4 is 10.6 Å². The van der Waals surface area contributed by atoms with Gasteiger partial charge >= 0.3 is 0 Å². The van der Waals surface area contributed by atoms with Gasteiger partial charge in [0.15, 0.2) is 0 Å². The van der Waals surface area contributed by atoms with E-state index < -0.39 is 5.91 Å². The highest BCUT2D eigenvalue weighted by Crippen LogP contribution is 1.90. The lowest BCUT2D eigenvalue weighted by Gasteiger charge is -2.05. The molecule has 0 aromatic carbocycles. The molecule has 0 heterocycles. The van der Waals surface area contributed by atoms with Gasteiger partial charge in [-0.15, -0.1) is 0 Å². The van der Waals surface area contributed by atoms with Gasteiger partial charge < -0.3 is 25.2 Å². The number of aliphatic hydroxyl groups is 1. The predicted octanol–water partition coefficient (Wildman–Crippen LogP) is -0.855. The summed E-state index contributed by atoms with van der Waals surface area (Å²) in [4.78, 5) is 11.6. The Bertz CT molecular complexity index is 313. The molecule has 108 valence electrons. The highest BCUT2D eigenvalue weighted by Gasteiger charge is 2.07. The fourth-order valence-corrected chi connectivity index (χ4v) is 1.13. The number of hydrogen-bond acceptors (Lipinski definition) is 6. The van der Waals surface area contributed by atoms with E-state index in [0.717, 1.165) is 0 Å². The van der Waals surface area contributed by atoms with Crippen molar-refractivity contribution in [2.75, 3.05) is 46.6 Å². The second kappa shape index (κ2) is 12.8. The fourth-order valence-electron chi connectivity index (χ4n) is 1.13. The summed E-state index contributed by atoms with van der Waals surface area (Å²) in [6.07, 6.45) is 2.05. The van der Waals surface area contributed by atoms with E-state index in [9.17, 15) is 4.79 Å². The molecule has 0 aromatic heterocycles. The molecule has 0 fully saturated rings. The lowest BCUT2D eigenvalue weighted by Crippen LogP contribution is -2.27. The van der Waals surface area contributed by atoms with Crippen molar-refractivity contribution in [2.45, 2.75) is 6.42 Å². The summed E-state index contributed by atoms with van der Waals surface area (Å²) in [7, 11) is 1.59. The Morgan fingerprint density at radius 2 is 2.16 bits per heavy atom. The zero-order valence-electron chi connectivity index (χ0n) is 11.1. The van der Waals surface area contributed by atoms with Crippen LogP contribution in [-0.2, 0) is 14.3 Å². The predicted molar refractivity (Wildman–Crippen MR) is 69.1 cm³/mol. The molecule has 0 aliphatic carbocycles. The number of nitrogens with one attached hydrogen (secondary N) is 2. The Morgan fingerprint density at radius 3 is 2.79 bits per heavy atom. The van der Waals surface area contributed by atoms with E-state index in [-0.39, 0.29) is 18.8 Å². The van der Waals surface area contributed by atoms with Crippen LogP contribution in [0.5, 0.6) is 0 Å². The van der Waals surface area contributed by atoms with Gasteiger partial charge in [-0.25, -0.2) is 0 Å². The first-order valence-electron chi connectivity index (χ1n) is 6.05. The zero-order valence-corrected chi connectivity index (χ0v) is 11.1. The van der Waals surface area contributed by atoms with Crippen molar-refractivity contribution in [2.24, 2.45) is 0 Å². The molecule has 0 saturated carbocycles. The van der Waals surface area contributed by atoms with E-state index in [1.165, 1.54) is 6.20 Å². The number of rotatable bonds is 11. The van der Waals surface area contributed by atoms with Crippen LogP contribution in [0.25, 0.3) is 0 Å². The summed E-state index contributed by atoms with van der Waals surface area (Å²) in [5.74, 6) is -0.414. The minimum Gasteiger partial charge on any atom is -0.394 e. The van der Waals surface area contributed by atoms with Crippen molar-refractivity contribution < 1.29 is 19.4 Å². The Kier molecular flexibility index (Phi) is 11.7. The van der Waals surface area contributed by atoms with E-state index in [1.54, 1.807) is 7.11 Å². The average molecular weight is 271 g/mol. The quantitative estimate of drug-likeness (QED) is 0.257. The first-order chi connectivity index (χ1) is 9.26. The van der Waals surface area contributed by atoms with Crippen molar-refractivity contribution in [3.05, 3.63) is 11.8 Å². The highest BCUT2D eigenvalue weighted by molar-refractivity contribution is 5.97. The third kappa shape index (κ3) is 10.0. The van der Waals surface area contributed by atoms with Crippen LogP contribution in [0.15, 0.2) is 11.8 Å². The maximum absolute atomic E-state index is 11.6. The maximum Gasteiger partial charge on any atom is 0.263 e. The number of nitriles is 1. The van der Waals surface area contributed by atoms with Gasteiger partial charge in [-0.3, -0.25) is 4.79 Å². The van der Waals surface area contributed by atoms with E-state index >= 15 is 0 Å². The molecule has 0 spiro atoms. The van der Waals surface area contributed by atoms with Gasteiger partial charge in [0, 0.05) is 33.0 Å². The minimum absolute atomic E-state index is 0.0135. The first-order valence-corrected chi connectivity index (χ1v) is 6.05. The van der Waals surface area contributed by atoms with E-state index in [2.05, 4.69) is 10.6 Å². The van der Waals surface area contributed by atoms with Gasteiger partial charge in [-0.05, 0) is 6.42 Å². The molecular formula is C12H21N3O4. The molecule has 0 aliphatic rings. The molecular weight excluding hydrogens is 250 g/mol. The molecule has 0 radical (unpaired) electrons. The van der Waals surface area contributed by atoms with Crippen molar-refractivity contribution in [1.29, 1.82) is 5.26 Å². The third-order valence-corrected chi connectivity index (χ3v) is 2.05. The normalized spacial score (nSPS) is 10.9. The number of amides is 1. The summed E-state index contributed by atoms with van der Waals surface area (Å²) in [5, 5.41) is 22.7. The Morgan fingerprint density at radius 1 is 1.37 bits per heavy atom. The van der Waals surface area contributed by atoms with Crippen LogP contribution in [0.3, 0.4) is 0 Å². The van der Waals surface area contributed by atoms with E-state index in [0.29, 0.717) is 32.7 Å². The van der Waals surface area contributed by atoms with Gasteiger partial charge in [-0.2, -0.15) is 5.26 Å². The Hall–Kier alpha value is -1.62. The largest absolute Gasteiger partial charge is 0.394 e. The number of aliphatic hydroxyl groups excluding tert-OH is 1. The Labute approximate surface area is 113 Å². The van der Waals surface area contributed by atoms with Crippen LogP contribution in [0.2, 0.25) is 0 Å². The van der Waals surface area contributed by atoms with Crippen molar-refractivity contribution in [1.82, 2.24) is 10.6 Å². The van der Waals surface area contributed by atoms with Gasteiger partial charge in [0.05, 0.1) is 19.8 Å². The highest BCUT2D eigenvalue weighted by atomic mass is 16.5. The summed E-state index contributed by atoms with van der Waals surface area (Å²) < 4.78 is 9.86. The molecule has 1 amide bonds. The molecule has 0 saturated heterocycles. The first kappa shape index (κ1) is 17.4. The zero-order chi connectivity index (χ0) is 14.3. The number of methoxy groups -OCH3 is 1. The van der Waals surface area contributed by atoms with Gasteiger partial charge in [0.1, 0.15) is 11.6 Å². The Balaban J connectivity index is 3.84. The smallest absolute Gasteiger partial charge is 0.263 e.